The second kappa shape index (κ2) is 9.86. The molecule has 4 rings (SSSR count). The number of nitrogens with one attached hydrogen (secondary N) is 1. The van der Waals surface area contributed by atoms with Crippen molar-refractivity contribution in [1.82, 2.24) is 10.2 Å². The van der Waals surface area contributed by atoms with Crippen molar-refractivity contribution in [3.8, 4) is 0 Å². The van der Waals surface area contributed by atoms with E-state index in [-0.39, 0.29) is 23.4 Å². The van der Waals surface area contributed by atoms with Crippen LogP contribution in [0.3, 0.4) is 0 Å². The normalized spacial score (nSPS) is 18.8. The van der Waals surface area contributed by atoms with Crippen LogP contribution in [-0.2, 0) is 14.8 Å². The number of hydrogen-bond donors (Lipinski definition) is 1. The predicted molar refractivity (Wildman–Crippen MR) is 141 cm³/mol. The lowest BCUT2D eigenvalue weighted by Crippen LogP contribution is -2.76. The fourth-order valence-electron chi connectivity index (χ4n) is 5.08. The Morgan fingerprint density at radius 1 is 0.794 bits per heavy atom. The van der Waals surface area contributed by atoms with E-state index in [1.165, 1.54) is 0 Å². The van der Waals surface area contributed by atoms with Crippen LogP contribution < -0.4 is 5.32 Å². The van der Waals surface area contributed by atoms with Crippen molar-refractivity contribution in [3.05, 3.63) is 108 Å². The van der Waals surface area contributed by atoms with Gasteiger partial charge in [0.2, 0.25) is 5.91 Å². The monoisotopic (exact) mass is 472 g/mol. The summed E-state index contributed by atoms with van der Waals surface area (Å²) in [5.74, 6) is 0.0988. The van der Waals surface area contributed by atoms with Crippen LogP contribution in [0.5, 0.6) is 0 Å². The number of likely N-dealkylation sites (tertiary alicyclic amines) is 1. The lowest BCUT2D eigenvalue weighted by Gasteiger charge is -2.56. The van der Waals surface area contributed by atoms with Crippen LogP contribution in [0.15, 0.2) is 91.0 Å². The minimum atomic E-state index is -1.24. The molecule has 1 N–H and O–H groups in total. The summed E-state index contributed by atoms with van der Waals surface area (Å²) in [4.78, 5) is 15.5. The molecular weight excluding hydrogens is 436 g/mol. The molecule has 0 aliphatic carbocycles. The van der Waals surface area contributed by atoms with Crippen molar-refractivity contribution in [1.29, 1.82) is 0 Å². The van der Waals surface area contributed by atoms with Gasteiger partial charge in [0, 0.05) is 0 Å². The van der Waals surface area contributed by atoms with Crippen molar-refractivity contribution in [3.63, 3.8) is 0 Å². The summed E-state index contributed by atoms with van der Waals surface area (Å²) in [6.45, 7) is 11.3. The summed E-state index contributed by atoms with van der Waals surface area (Å²) < 4.78 is 5.99. The highest BCUT2D eigenvalue weighted by molar-refractivity contribution is 6.48. The van der Waals surface area contributed by atoms with Crippen LogP contribution in [0.2, 0.25) is 13.1 Å². The zero-order valence-corrected chi connectivity index (χ0v) is 22.0. The Labute approximate surface area is 205 Å². The summed E-state index contributed by atoms with van der Waals surface area (Å²) in [6.07, 6.45) is 0. The van der Waals surface area contributed by atoms with E-state index in [2.05, 4.69) is 112 Å². The lowest BCUT2D eigenvalue weighted by atomic mass is 9.71. The molecule has 1 heterocycles. The van der Waals surface area contributed by atoms with Gasteiger partial charge in [-0.2, -0.15) is 0 Å². The quantitative estimate of drug-likeness (QED) is 0.280. The Kier molecular flexibility index (Phi) is 7.08. The SMILES string of the molecule is C[SiH](C)OCN1C(=O)[C@@H](NC(c2ccccc2)(c2ccccc2)c2ccccc2)[C@@H]1C(C)(C)C. The summed E-state index contributed by atoms with van der Waals surface area (Å²) in [6, 6.07) is 31.0. The molecule has 1 saturated heterocycles. The summed E-state index contributed by atoms with van der Waals surface area (Å²) in [5, 5.41) is 3.90. The maximum Gasteiger partial charge on any atom is 0.244 e. The fraction of sp³-hybridized carbons (Fsp3) is 0.345. The molecule has 5 heteroatoms. The second-order valence-corrected chi connectivity index (χ2v) is 12.9. The first-order valence-electron chi connectivity index (χ1n) is 12.1. The Bertz CT molecular complexity index is 985. The molecule has 0 spiro atoms. The Morgan fingerprint density at radius 2 is 1.21 bits per heavy atom. The van der Waals surface area contributed by atoms with Gasteiger partial charge in [0.1, 0.15) is 12.8 Å². The molecule has 2 atom stereocenters. The van der Waals surface area contributed by atoms with Gasteiger partial charge in [0.25, 0.3) is 0 Å². The summed E-state index contributed by atoms with van der Waals surface area (Å²) in [7, 11) is -1.24. The molecule has 4 nitrogen and oxygen atoms in total. The third-order valence-electron chi connectivity index (χ3n) is 6.63. The molecule has 178 valence electrons. The highest BCUT2D eigenvalue weighted by atomic mass is 28.3. The smallest absolute Gasteiger partial charge is 0.244 e. The van der Waals surface area contributed by atoms with Gasteiger partial charge in [-0.25, -0.2) is 0 Å². The number of hydrogen-bond acceptors (Lipinski definition) is 3. The van der Waals surface area contributed by atoms with Gasteiger partial charge >= 0.3 is 0 Å². The second-order valence-electron chi connectivity index (χ2n) is 10.4. The van der Waals surface area contributed by atoms with Gasteiger partial charge < -0.3 is 9.33 Å². The van der Waals surface area contributed by atoms with E-state index in [1.54, 1.807) is 0 Å². The van der Waals surface area contributed by atoms with Gasteiger partial charge in [-0.3, -0.25) is 10.1 Å². The Balaban J connectivity index is 1.84. The van der Waals surface area contributed by atoms with E-state index in [0.29, 0.717) is 6.73 Å². The van der Waals surface area contributed by atoms with E-state index >= 15 is 0 Å². The predicted octanol–water partition coefficient (Wildman–Crippen LogP) is 5.15. The average molecular weight is 473 g/mol. The van der Waals surface area contributed by atoms with Gasteiger partial charge in [-0.15, -0.1) is 0 Å². The van der Waals surface area contributed by atoms with Crippen LogP contribution in [0.25, 0.3) is 0 Å². The maximum absolute atomic E-state index is 13.6. The van der Waals surface area contributed by atoms with E-state index in [9.17, 15) is 4.79 Å². The molecule has 1 fully saturated rings. The molecule has 34 heavy (non-hydrogen) atoms. The molecule has 1 amide bonds. The molecule has 0 bridgehead atoms. The van der Waals surface area contributed by atoms with E-state index in [0.717, 1.165) is 16.7 Å². The zero-order chi connectivity index (χ0) is 24.3. The molecule has 0 saturated carbocycles. The van der Waals surface area contributed by atoms with Gasteiger partial charge in [-0.1, -0.05) is 112 Å². The minimum Gasteiger partial charge on any atom is -0.403 e. The number of carbonyl (C=O) groups excluding carboxylic acids is 1. The molecule has 1 aliphatic rings. The van der Waals surface area contributed by atoms with Crippen molar-refractivity contribution in [2.24, 2.45) is 5.41 Å². The first kappa shape index (κ1) is 24.4. The fourth-order valence-corrected chi connectivity index (χ4v) is 5.54. The molecule has 3 aromatic rings. The largest absolute Gasteiger partial charge is 0.403 e. The van der Waals surface area contributed by atoms with Crippen LogP contribution in [0.1, 0.15) is 37.5 Å². The molecule has 0 unspecified atom stereocenters. The van der Waals surface area contributed by atoms with E-state index in [1.807, 2.05) is 23.1 Å². The third kappa shape index (κ3) is 4.60. The minimum absolute atomic E-state index is 0.0169. The Morgan fingerprint density at radius 3 is 1.56 bits per heavy atom. The maximum atomic E-state index is 13.6. The van der Waals surface area contributed by atoms with E-state index < -0.39 is 14.6 Å². The van der Waals surface area contributed by atoms with Crippen LogP contribution in [0.4, 0.5) is 0 Å². The average Bonchev–Trinajstić information content (AvgIpc) is 2.83. The number of benzene rings is 3. The summed E-state index contributed by atoms with van der Waals surface area (Å²) in [5.41, 5.74) is 2.54. The van der Waals surface area contributed by atoms with Gasteiger partial charge in [-0.05, 0) is 35.2 Å². The number of amides is 1. The molecular formula is C29H36N2O2Si. The first-order valence-corrected chi connectivity index (χ1v) is 14.9. The number of nitrogens with zero attached hydrogens (tertiary/aromatic N) is 1. The molecule has 0 aromatic heterocycles. The first-order chi connectivity index (χ1) is 16.2. The van der Waals surface area contributed by atoms with Crippen molar-refractivity contribution in [2.75, 3.05) is 6.73 Å². The van der Waals surface area contributed by atoms with Gasteiger partial charge in [0.15, 0.2) is 9.04 Å². The van der Waals surface area contributed by atoms with Crippen LogP contribution in [-0.4, -0.2) is 38.7 Å². The number of β-lactam (4-membered cyclic amide) rings is 1. The van der Waals surface area contributed by atoms with Crippen molar-refractivity contribution >= 4 is 14.9 Å². The standard InChI is InChI=1S/C29H36N2O2Si/c1-28(2,3)26-25(27(32)31(26)21-33-34(4)5)30-29(22-15-9-6-10-16-22,23-17-11-7-12-18-23)24-19-13-8-14-20-24/h6-20,25-26,30,34H,21H2,1-5H3/t25-,26+/m0/s1. The highest BCUT2D eigenvalue weighted by Gasteiger charge is 2.55. The number of rotatable bonds is 8. The molecule has 3 aromatic carbocycles. The van der Waals surface area contributed by atoms with Crippen LogP contribution >= 0.6 is 0 Å². The van der Waals surface area contributed by atoms with E-state index in [4.69, 9.17) is 4.43 Å². The van der Waals surface area contributed by atoms with Crippen LogP contribution in [0, 0.1) is 5.41 Å². The third-order valence-corrected chi connectivity index (χ3v) is 7.44. The number of carbonyl (C=O) groups is 1. The van der Waals surface area contributed by atoms with Gasteiger partial charge in [0.05, 0.1) is 11.6 Å². The molecule has 0 radical (unpaired) electrons. The van der Waals surface area contributed by atoms with Crippen molar-refractivity contribution < 1.29 is 9.22 Å². The van der Waals surface area contributed by atoms with Crippen molar-refractivity contribution in [2.45, 2.75) is 51.5 Å². The zero-order valence-electron chi connectivity index (χ0n) is 20.9. The topological polar surface area (TPSA) is 41.6 Å². The lowest BCUT2D eigenvalue weighted by molar-refractivity contribution is -0.165. The highest BCUT2D eigenvalue weighted by Crippen LogP contribution is 2.42. The molecule has 1 aliphatic heterocycles. The summed E-state index contributed by atoms with van der Waals surface area (Å²) >= 11 is 0. The Hall–Kier alpha value is -2.73.